The molecule has 0 spiro atoms. The van der Waals surface area contributed by atoms with E-state index in [1.54, 1.807) is 4.90 Å². The van der Waals surface area contributed by atoms with Gasteiger partial charge in [-0.25, -0.2) is 0 Å². The fourth-order valence-corrected chi connectivity index (χ4v) is 1.79. The first kappa shape index (κ1) is 12.9. The zero-order valence-corrected chi connectivity index (χ0v) is 9.69. The molecule has 0 aliphatic carbocycles. The van der Waals surface area contributed by atoms with Crippen molar-refractivity contribution in [3.63, 3.8) is 0 Å². The summed E-state index contributed by atoms with van der Waals surface area (Å²) in [7, 11) is 0. The number of carboxylic acids is 1. The molecule has 1 atom stereocenters. The number of nitrogens with two attached hydrogens (primary N) is 1. The summed E-state index contributed by atoms with van der Waals surface area (Å²) in [6.07, 6.45) is 0.386. The largest absolute Gasteiger partial charge is 0.480 e. The number of rotatable bonds is 4. The molecule has 1 fully saturated rings. The van der Waals surface area contributed by atoms with Crippen molar-refractivity contribution < 1.29 is 14.7 Å². The molecule has 4 N–H and O–H groups in total. The molecule has 16 heavy (non-hydrogen) atoms. The van der Waals surface area contributed by atoms with Gasteiger partial charge in [-0.15, -0.1) is 0 Å². The van der Waals surface area contributed by atoms with E-state index in [1.807, 2.05) is 13.8 Å². The van der Waals surface area contributed by atoms with Gasteiger partial charge in [-0.2, -0.15) is 0 Å². The van der Waals surface area contributed by atoms with Crippen LogP contribution in [0.5, 0.6) is 0 Å². The Morgan fingerprint density at radius 2 is 2.19 bits per heavy atom. The number of nitrogens with zero attached hydrogens (tertiary/aromatic N) is 1. The number of nitrogens with one attached hydrogen (secondary N) is 1. The molecule has 1 unspecified atom stereocenters. The lowest BCUT2D eigenvalue weighted by atomic mass is 10.0. The molecule has 0 radical (unpaired) electrons. The van der Waals surface area contributed by atoms with Crippen LogP contribution < -0.4 is 11.1 Å². The predicted octanol–water partition coefficient (Wildman–Crippen LogP) is -1.00. The van der Waals surface area contributed by atoms with E-state index in [0.717, 1.165) is 0 Å². The molecule has 1 rings (SSSR count). The number of amides is 1. The number of hydrogen-bond donors (Lipinski definition) is 3. The Labute approximate surface area is 94.8 Å². The summed E-state index contributed by atoms with van der Waals surface area (Å²) in [5.74, 6) is -1.09. The molecule has 6 heteroatoms. The van der Waals surface area contributed by atoms with E-state index >= 15 is 0 Å². The summed E-state index contributed by atoms with van der Waals surface area (Å²) >= 11 is 0. The molecule has 0 aromatic rings. The molecule has 1 saturated heterocycles. The average molecular weight is 229 g/mol. The number of hydrogen-bond acceptors (Lipinski definition) is 4. The third-order valence-corrected chi connectivity index (χ3v) is 2.62. The average Bonchev–Trinajstić information content (AvgIpc) is 2.47. The van der Waals surface area contributed by atoms with Gasteiger partial charge < -0.3 is 16.2 Å². The zero-order valence-electron chi connectivity index (χ0n) is 9.69. The lowest BCUT2D eigenvalue weighted by Gasteiger charge is -2.20. The molecule has 0 aromatic heterocycles. The second-order valence-corrected chi connectivity index (χ2v) is 4.64. The number of aliphatic carboxylic acids is 1. The summed E-state index contributed by atoms with van der Waals surface area (Å²) in [4.78, 5) is 24.1. The van der Waals surface area contributed by atoms with Gasteiger partial charge in [-0.3, -0.25) is 14.5 Å². The van der Waals surface area contributed by atoms with E-state index in [9.17, 15) is 9.59 Å². The van der Waals surface area contributed by atoms with Crippen LogP contribution in [0.1, 0.15) is 20.3 Å². The molecular formula is C10H19N3O3. The van der Waals surface area contributed by atoms with Crippen LogP contribution in [-0.2, 0) is 9.59 Å². The third-order valence-electron chi connectivity index (χ3n) is 2.62. The van der Waals surface area contributed by atoms with Gasteiger partial charge in [0.15, 0.2) is 0 Å². The van der Waals surface area contributed by atoms with Crippen LogP contribution in [0.4, 0.5) is 0 Å². The van der Waals surface area contributed by atoms with Crippen molar-refractivity contribution in [2.75, 3.05) is 19.6 Å². The maximum absolute atomic E-state index is 11.4. The van der Waals surface area contributed by atoms with Gasteiger partial charge in [0.25, 0.3) is 0 Å². The Bertz CT molecular complexity index is 293. The topological polar surface area (TPSA) is 95.7 Å². The molecule has 92 valence electrons. The molecule has 6 nitrogen and oxygen atoms in total. The SMILES string of the molecule is CC(C)NC(=O)CN1CCC(N)(C(=O)O)C1. The zero-order chi connectivity index (χ0) is 12.3. The highest BCUT2D eigenvalue weighted by atomic mass is 16.4. The van der Waals surface area contributed by atoms with E-state index in [1.165, 1.54) is 0 Å². The predicted molar refractivity (Wildman–Crippen MR) is 58.9 cm³/mol. The van der Waals surface area contributed by atoms with Crippen LogP contribution in [0.2, 0.25) is 0 Å². The molecule has 0 saturated carbocycles. The second kappa shape index (κ2) is 4.80. The third kappa shape index (κ3) is 3.18. The van der Waals surface area contributed by atoms with Gasteiger partial charge >= 0.3 is 5.97 Å². The fourth-order valence-electron chi connectivity index (χ4n) is 1.79. The summed E-state index contributed by atoms with van der Waals surface area (Å²) in [6, 6.07) is 0.0946. The van der Waals surface area contributed by atoms with E-state index in [0.29, 0.717) is 13.0 Å². The van der Waals surface area contributed by atoms with Crippen molar-refractivity contribution >= 4 is 11.9 Å². The lowest BCUT2D eigenvalue weighted by Crippen LogP contribution is -2.51. The van der Waals surface area contributed by atoms with E-state index in [4.69, 9.17) is 10.8 Å². The van der Waals surface area contributed by atoms with Crippen molar-refractivity contribution in [1.29, 1.82) is 0 Å². The van der Waals surface area contributed by atoms with Crippen molar-refractivity contribution in [3.05, 3.63) is 0 Å². The van der Waals surface area contributed by atoms with Crippen LogP contribution in [0.25, 0.3) is 0 Å². The standard InChI is InChI=1S/C10H19N3O3/c1-7(2)12-8(14)5-13-4-3-10(11,6-13)9(15)16/h7H,3-6,11H2,1-2H3,(H,12,14)(H,15,16). The van der Waals surface area contributed by atoms with Crippen LogP contribution in [-0.4, -0.2) is 53.1 Å². The molecule has 1 aliphatic rings. The summed E-state index contributed by atoms with van der Waals surface area (Å²) < 4.78 is 0. The maximum Gasteiger partial charge on any atom is 0.325 e. The lowest BCUT2D eigenvalue weighted by molar-refractivity contribution is -0.143. The van der Waals surface area contributed by atoms with Crippen molar-refractivity contribution in [3.8, 4) is 0 Å². The first-order valence-corrected chi connectivity index (χ1v) is 5.37. The Morgan fingerprint density at radius 3 is 2.62 bits per heavy atom. The maximum atomic E-state index is 11.4. The highest BCUT2D eigenvalue weighted by molar-refractivity contribution is 5.81. The number of carbonyl (C=O) groups excluding carboxylic acids is 1. The number of carboxylic acid groups (broad SMARTS) is 1. The minimum Gasteiger partial charge on any atom is -0.480 e. The Morgan fingerprint density at radius 1 is 1.56 bits per heavy atom. The Hall–Kier alpha value is -1.14. The van der Waals surface area contributed by atoms with E-state index in [-0.39, 0.29) is 25.0 Å². The first-order valence-electron chi connectivity index (χ1n) is 5.37. The van der Waals surface area contributed by atoms with Crippen LogP contribution in [0, 0.1) is 0 Å². The first-order chi connectivity index (χ1) is 7.33. The van der Waals surface area contributed by atoms with Gasteiger partial charge in [0, 0.05) is 19.1 Å². The summed E-state index contributed by atoms with van der Waals surface area (Å²) in [5.41, 5.74) is 4.50. The van der Waals surface area contributed by atoms with Crippen molar-refractivity contribution in [2.45, 2.75) is 31.8 Å². The normalized spacial score (nSPS) is 26.0. The monoisotopic (exact) mass is 229 g/mol. The molecule has 0 aromatic carbocycles. The molecule has 0 bridgehead atoms. The van der Waals surface area contributed by atoms with Crippen molar-refractivity contribution in [1.82, 2.24) is 10.2 Å². The van der Waals surface area contributed by atoms with Gasteiger partial charge in [0.05, 0.1) is 6.54 Å². The van der Waals surface area contributed by atoms with Gasteiger partial charge in [-0.1, -0.05) is 0 Å². The quantitative estimate of drug-likeness (QED) is 0.574. The van der Waals surface area contributed by atoms with Gasteiger partial charge in [-0.05, 0) is 20.3 Å². The van der Waals surface area contributed by atoms with E-state index in [2.05, 4.69) is 5.32 Å². The fraction of sp³-hybridized carbons (Fsp3) is 0.800. The van der Waals surface area contributed by atoms with Crippen molar-refractivity contribution in [2.24, 2.45) is 5.73 Å². The molecule has 1 amide bonds. The highest BCUT2D eigenvalue weighted by Crippen LogP contribution is 2.18. The van der Waals surface area contributed by atoms with E-state index < -0.39 is 11.5 Å². The molecule has 1 heterocycles. The van der Waals surface area contributed by atoms with Crippen LogP contribution in [0.15, 0.2) is 0 Å². The minimum absolute atomic E-state index is 0.0929. The Balaban J connectivity index is 2.43. The van der Waals surface area contributed by atoms with Crippen LogP contribution in [0.3, 0.4) is 0 Å². The minimum atomic E-state index is -1.20. The highest BCUT2D eigenvalue weighted by Gasteiger charge is 2.41. The number of carbonyl (C=O) groups is 2. The molecular weight excluding hydrogens is 210 g/mol. The van der Waals surface area contributed by atoms with Crippen LogP contribution >= 0.6 is 0 Å². The summed E-state index contributed by atoms with van der Waals surface area (Å²) in [5, 5.41) is 11.7. The molecule has 1 aliphatic heterocycles. The van der Waals surface area contributed by atoms with Gasteiger partial charge in [0.1, 0.15) is 5.54 Å². The van der Waals surface area contributed by atoms with Gasteiger partial charge in [0.2, 0.25) is 5.91 Å². The smallest absolute Gasteiger partial charge is 0.325 e. The summed E-state index contributed by atoms with van der Waals surface area (Å²) in [6.45, 7) is 4.76. The Kier molecular flexibility index (Phi) is 3.88. The number of likely N-dealkylation sites (tertiary alicyclic amines) is 1. The second-order valence-electron chi connectivity index (χ2n) is 4.64.